The van der Waals surface area contributed by atoms with Crippen molar-refractivity contribution in [3.63, 3.8) is 0 Å². The molecule has 8 nitrogen and oxygen atoms in total. The minimum absolute atomic E-state index is 0.00156. The average Bonchev–Trinajstić information content (AvgIpc) is 3.39. The van der Waals surface area contributed by atoms with Crippen LogP contribution in [0.3, 0.4) is 0 Å². The quantitative estimate of drug-likeness (QED) is 0.623. The average molecular weight is 438 g/mol. The Kier molecular flexibility index (Phi) is 6.17. The molecule has 158 valence electrons. The van der Waals surface area contributed by atoms with E-state index in [1.807, 2.05) is 0 Å². The lowest BCUT2D eigenvalue weighted by Gasteiger charge is -2.29. The highest BCUT2D eigenvalue weighted by Gasteiger charge is 2.26. The van der Waals surface area contributed by atoms with Gasteiger partial charge in [-0.3, -0.25) is 14.6 Å². The van der Waals surface area contributed by atoms with Crippen LogP contribution in [0.25, 0.3) is 4.96 Å². The first-order valence-electron chi connectivity index (χ1n) is 10.4. The second-order valence-corrected chi connectivity index (χ2v) is 10.1. The Labute approximate surface area is 178 Å². The van der Waals surface area contributed by atoms with Gasteiger partial charge in [-0.2, -0.15) is 4.52 Å². The number of hydrogen-bond donors (Lipinski definition) is 0. The maximum atomic E-state index is 13.1. The van der Waals surface area contributed by atoms with Gasteiger partial charge in [-0.1, -0.05) is 23.1 Å². The third-order valence-electron chi connectivity index (χ3n) is 5.84. The van der Waals surface area contributed by atoms with E-state index in [2.05, 4.69) is 14.9 Å². The molecule has 5 rings (SSSR count). The Hall–Kier alpha value is -1.04. The summed E-state index contributed by atoms with van der Waals surface area (Å²) in [7, 11) is 0. The predicted molar refractivity (Wildman–Crippen MR) is 113 cm³/mol. The summed E-state index contributed by atoms with van der Waals surface area (Å²) in [6.07, 6.45) is 3.40. The molecule has 0 aromatic carbocycles. The topological polar surface area (TPSA) is 72.2 Å². The lowest BCUT2D eigenvalue weighted by atomic mass is 10.1. The third-order valence-corrected chi connectivity index (χ3v) is 7.86. The highest BCUT2D eigenvalue weighted by atomic mass is 32.2. The number of ether oxygens (including phenoxy) is 2. The van der Waals surface area contributed by atoms with Gasteiger partial charge in [0.2, 0.25) is 4.96 Å². The summed E-state index contributed by atoms with van der Waals surface area (Å²) in [6.45, 7) is 8.01. The van der Waals surface area contributed by atoms with Crippen LogP contribution in [0.15, 0.2) is 9.13 Å². The van der Waals surface area contributed by atoms with Gasteiger partial charge in [-0.05, 0) is 12.8 Å². The monoisotopic (exact) mass is 437 g/mol. The fourth-order valence-corrected chi connectivity index (χ4v) is 6.23. The van der Waals surface area contributed by atoms with E-state index in [0.29, 0.717) is 12.6 Å². The van der Waals surface area contributed by atoms with E-state index in [9.17, 15) is 4.79 Å². The first kappa shape index (κ1) is 19.9. The molecule has 0 bridgehead atoms. The minimum Gasteiger partial charge on any atom is -0.379 e. The van der Waals surface area contributed by atoms with Gasteiger partial charge >= 0.3 is 0 Å². The normalized spacial score (nSPS) is 23.7. The van der Waals surface area contributed by atoms with E-state index in [1.54, 1.807) is 11.8 Å². The molecule has 10 heteroatoms. The van der Waals surface area contributed by atoms with E-state index in [1.165, 1.54) is 15.9 Å². The maximum absolute atomic E-state index is 13.1. The number of thioether (sulfide) groups is 1. The smallest absolute Gasteiger partial charge is 0.279 e. The molecular formula is C19H27N5O3S2. The molecule has 3 aliphatic rings. The number of nitrogens with zero attached hydrogens (tertiary/aromatic N) is 5. The highest BCUT2D eigenvalue weighted by molar-refractivity contribution is 8.01. The van der Waals surface area contributed by atoms with Crippen molar-refractivity contribution in [3.8, 4) is 0 Å². The summed E-state index contributed by atoms with van der Waals surface area (Å²) in [5.74, 6) is 0.962. The number of rotatable bonds is 6. The molecule has 2 fully saturated rings. The third kappa shape index (κ3) is 4.52. The van der Waals surface area contributed by atoms with Crippen LogP contribution in [-0.4, -0.2) is 88.8 Å². The molecule has 3 aliphatic heterocycles. The van der Waals surface area contributed by atoms with Crippen LogP contribution in [-0.2, 0) is 22.4 Å². The Balaban J connectivity index is 1.26. The molecule has 0 N–H and O–H groups in total. The van der Waals surface area contributed by atoms with Crippen molar-refractivity contribution < 1.29 is 9.47 Å². The van der Waals surface area contributed by atoms with Crippen LogP contribution in [0.2, 0.25) is 0 Å². The van der Waals surface area contributed by atoms with Crippen molar-refractivity contribution in [1.29, 1.82) is 0 Å². The molecule has 0 saturated carbocycles. The van der Waals surface area contributed by atoms with Gasteiger partial charge in [0.25, 0.3) is 5.56 Å². The molecule has 1 atom stereocenters. The summed E-state index contributed by atoms with van der Waals surface area (Å²) in [4.78, 5) is 23.3. The minimum atomic E-state index is -0.00156. The van der Waals surface area contributed by atoms with E-state index < -0.39 is 0 Å². The van der Waals surface area contributed by atoms with Crippen molar-refractivity contribution >= 4 is 28.1 Å². The second kappa shape index (κ2) is 8.99. The van der Waals surface area contributed by atoms with Gasteiger partial charge in [-0.15, -0.1) is 5.10 Å². The van der Waals surface area contributed by atoms with E-state index in [0.717, 1.165) is 98.1 Å². The van der Waals surface area contributed by atoms with Crippen LogP contribution in [0, 0.1) is 0 Å². The SMILES string of the molecule is O=c1c2c(nc3sc(SCCN4CCOCC4)nn13)CCN(C[C@H]1CCCO1)C2. The van der Waals surface area contributed by atoms with Crippen molar-refractivity contribution in [2.75, 3.05) is 58.3 Å². The zero-order valence-corrected chi connectivity index (χ0v) is 18.2. The molecule has 0 spiro atoms. The van der Waals surface area contributed by atoms with Gasteiger partial charge in [0.05, 0.1) is 30.6 Å². The van der Waals surface area contributed by atoms with Crippen molar-refractivity contribution in [2.45, 2.75) is 36.3 Å². The lowest BCUT2D eigenvalue weighted by molar-refractivity contribution is 0.0410. The van der Waals surface area contributed by atoms with Crippen LogP contribution in [0.4, 0.5) is 0 Å². The van der Waals surface area contributed by atoms with Crippen LogP contribution < -0.4 is 5.56 Å². The number of fused-ring (bicyclic) bond motifs is 2. The lowest BCUT2D eigenvalue weighted by Crippen LogP contribution is -2.40. The van der Waals surface area contributed by atoms with E-state index in [-0.39, 0.29) is 5.56 Å². The van der Waals surface area contributed by atoms with Crippen LogP contribution in [0.1, 0.15) is 24.1 Å². The number of morpholine rings is 1. The molecule has 0 unspecified atom stereocenters. The van der Waals surface area contributed by atoms with Gasteiger partial charge < -0.3 is 9.47 Å². The molecule has 0 aliphatic carbocycles. The van der Waals surface area contributed by atoms with Crippen LogP contribution >= 0.6 is 23.1 Å². The van der Waals surface area contributed by atoms with Crippen LogP contribution in [0.5, 0.6) is 0 Å². The molecule has 0 amide bonds. The van der Waals surface area contributed by atoms with Crippen molar-refractivity contribution in [3.05, 3.63) is 21.6 Å². The molecule has 2 aromatic heterocycles. The fourth-order valence-electron chi connectivity index (χ4n) is 4.21. The Morgan fingerprint density at radius 3 is 2.90 bits per heavy atom. The van der Waals surface area contributed by atoms with Gasteiger partial charge in [-0.25, -0.2) is 4.98 Å². The van der Waals surface area contributed by atoms with E-state index in [4.69, 9.17) is 14.5 Å². The summed E-state index contributed by atoms with van der Waals surface area (Å²) in [5, 5.41) is 4.57. The van der Waals surface area contributed by atoms with Gasteiger partial charge in [0.15, 0.2) is 4.34 Å². The summed E-state index contributed by atoms with van der Waals surface area (Å²) in [5.41, 5.74) is 1.76. The summed E-state index contributed by atoms with van der Waals surface area (Å²) in [6, 6.07) is 0. The Morgan fingerprint density at radius 1 is 1.17 bits per heavy atom. The predicted octanol–water partition coefficient (Wildman–Crippen LogP) is 1.11. The Morgan fingerprint density at radius 2 is 2.07 bits per heavy atom. The highest BCUT2D eigenvalue weighted by Crippen LogP contribution is 2.25. The first-order valence-corrected chi connectivity index (χ1v) is 12.2. The molecule has 2 saturated heterocycles. The maximum Gasteiger partial charge on any atom is 0.279 e. The summed E-state index contributed by atoms with van der Waals surface area (Å²) < 4.78 is 13.6. The zero-order chi connectivity index (χ0) is 19.6. The van der Waals surface area contributed by atoms with Crippen molar-refractivity contribution in [1.82, 2.24) is 24.4 Å². The fraction of sp³-hybridized carbons (Fsp3) is 0.737. The molecule has 5 heterocycles. The van der Waals surface area contributed by atoms with Gasteiger partial charge in [0, 0.05) is 58.0 Å². The molecule has 29 heavy (non-hydrogen) atoms. The zero-order valence-electron chi connectivity index (χ0n) is 16.5. The number of hydrogen-bond acceptors (Lipinski definition) is 9. The number of aromatic nitrogens is 3. The second-order valence-electron chi connectivity index (χ2n) is 7.83. The van der Waals surface area contributed by atoms with E-state index >= 15 is 0 Å². The Bertz CT molecular complexity index is 905. The van der Waals surface area contributed by atoms with Gasteiger partial charge in [0.1, 0.15) is 0 Å². The molecule has 0 radical (unpaired) electrons. The standard InChI is InChI=1S/C19H27N5O3S2/c25-17-15-13-23(12-14-2-1-8-27-14)4-3-16(15)20-18-24(17)21-19(29-18)28-11-7-22-5-9-26-10-6-22/h14H,1-13H2/t14-/m1/s1. The largest absolute Gasteiger partial charge is 0.379 e. The molecular weight excluding hydrogens is 410 g/mol. The molecule has 2 aromatic rings. The van der Waals surface area contributed by atoms with Crippen molar-refractivity contribution in [2.24, 2.45) is 0 Å². The first-order chi connectivity index (χ1) is 14.3. The summed E-state index contributed by atoms with van der Waals surface area (Å²) >= 11 is 3.24.